The lowest BCUT2D eigenvalue weighted by Gasteiger charge is -2.27. The molecule has 0 bridgehead atoms. The van der Waals surface area contributed by atoms with Crippen molar-refractivity contribution < 1.29 is 22.7 Å². The highest BCUT2D eigenvalue weighted by Crippen LogP contribution is 2.27. The molecule has 1 saturated heterocycles. The molecule has 1 aliphatic heterocycles. The van der Waals surface area contributed by atoms with E-state index in [1.165, 1.54) is 6.07 Å². The molecule has 0 saturated carbocycles. The Morgan fingerprint density at radius 1 is 1.35 bits per heavy atom. The lowest BCUT2D eigenvalue weighted by molar-refractivity contribution is -0.153. The molecule has 1 aliphatic rings. The molecule has 0 aromatic heterocycles. The van der Waals surface area contributed by atoms with Crippen molar-refractivity contribution in [2.24, 2.45) is 11.8 Å². The number of carbonyl (C=O) groups excluding carboxylic acids is 1. The van der Waals surface area contributed by atoms with Crippen molar-refractivity contribution in [3.8, 4) is 5.75 Å². The van der Waals surface area contributed by atoms with E-state index in [0.717, 1.165) is 25.9 Å². The van der Waals surface area contributed by atoms with Crippen molar-refractivity contribution in [3.05, 3.63) is 23.8 Å². The van der Waals surface area contributed by atoms with Crippen molar-refractivity contribution >= 4 is 24.0 Å². The molecule has 1 unspecified atom stereocenters. The molecule has 1 atom stereocenters. The molecular formula is C18H26ClF3N2O2. The third-order valence-electron chi connectivity index (χ3n) is 4.55. The van der Waals surface area contributed by atoms with Crippen molar-refractivity contribution in [2.75, 3.05) is 25.0 Å². The summed E-state index contributed by atoms with van der Waals surface area (Å²) in [6, 6.07) is 4.64. The van der Waals surface area contributed by atoms with Gasteiger partial charge in [0.25, 0.3) is 0 Å². The number of piperidine rings is 1. The monoisotopic (exact) mass is 394 g/mol. The number of alkyl halides is 3. The van der Waals surface area contributed by atoms with Gasteiger partial charge in [-0.2, -0.15) is 13.2 Å². The lowest BCUT2D eigenvalue weighted by Crippen LogP contribution is -2.32. The van der Waals surface area contributed by atoms with Crippen molar-refractivity contribution in [2.45, 2.75) is 39.3 Å². The van der Waals surface area contributed by atoms with Crippen LogP contribution in [-0.2, 0) is 4.79 Å². The molecule has 1 amide bonds. The number of amides is 1. The van der Waals surface area contributed by atoms with Crippen LogP contribution in [0.25, 0.3) is 0 Å². The fourth-order valence-corrected chi connectivity index (χ4v) is 3.13. The number of nitrogens with one attached hydrogen (secondary N) is 2. The van der Waals surface area contributed by atoms with E-state index in [-0.39, 0.29) is 24.1 Å². The van der Waals surface area contributed by atoms with Gasteiger partial charge in [-0.25, -0.2) is 0 Å². The van der Waals surface area contributed by atoms with Crippen LogP contribution in [0.4, 0.5) is 18.9 Å². The van der Waals surface area contributed by atoms with Gasteiger partial charge < -0.3 is 15.4 Å². The van der Waals surface area contributed by atoms with E-state index < -0.39 is 12.8 Å². The van der Waals surface area contributed by atoms with Gasteiger partial charge >= 0.3 is 6.18 Å². The summed E-state index contributed by atoms with van der Waals surface area (Å²) in [5.41, 5.74) is 1.12. The maximum Gasteiger partial charge on any atom is 0.422 e. The van der Waals surface area contributed by atoms with Crippen LogP contribution in [0.5, 0.6) is 5.75 Å². The maximum absolute atomic E-state index is 12.2. The summed E-state index contributed by atoms with van der Waals surface area (Å²) < 4.78 is 41.4. The predicted molar refractivity (Wildman–Crippen MR) is 98.0 cm³/mol. The van der Waals surface area contributed by atoms with Crippen LogP contribution in [0.15, 0.2) is 18.2 Å². The lowest BCUT2D eigenvalue weighted by atomic mass is 9.84. The first-order valence-corrected chi connectivity index (χ1v) is 8.55. The number of hydrogen-bond donors (Lipinski definition) is 2. The van der Waals surface area contributed by atoms with Crippen molar-refractivity contribution in [3.63, 3.8) is 0 Å². The van der Waals surface area contributed by atoms with Crippen LogP contribution in [-0.4, -0.2) is 31.8 Å². The number of ether oxygens (including phenoxy) is 1. The fourth-order valence-electron chi connectivity index (χ4n) is 3.13. The Labute approximate surface area is 158 Å². The molecule has 0 aliphatic carbocycles. The molecule has 2 rings (SSSR count). The van der Waals surface area contributed by atoms with Crippen LogP contribution in [0.3, 0.4) is 0 Å². The Morgan fingerprint density at radius 2 is 2.00 bits per heavy atom. The maximum atomic E-state index is 12.2. The molecule has 0 radical (unpaired) electrons. The highest BCUT2D eigenvalue weighted by molar-refractivity contribution is 5.91. The molecule has 1 heterocycles. The number of benzene rings is 1. The average Bonchev–Trinajstić information content (AvgIpc) is 2.54. The second-order valence-corrected chi connectivity index (χ2v) is 6.70. The minimum atomic E-state index is -4.37. The number of hydrogen-bond acceptors (Lipinski definition) is 3. The summed E-state index contributed by atoms with van der Waals surface area (Å²) in [6.07, 6.45) is -1.77. The first-order chi connectivity index (χ1) is 11.7. The Bertz CT molecular complexity index is 590. The van der Waals surface area contributed by atoms with Gasteiger partial charge in [0.1, 0.15) is 5.75 Å². The highest BCUT2D eigenvalue weighted by atomic mass is 35.5. The van der Waals surface area contributed by atoms with Gasteiger partial charge in [0.2, 0.25) is 5.91 Å². The first kappa shape index (κ1) is 22.6. The van der Waals surface area contributed by atoms with Crippen molar-refractivity contribution in [1.29, 1.82) is 0 Å². The average molecular weight is 395 g/mol. The minimum absolute atomic E-state index is 0. The summed E-state index contributed by atoms with van der Waals surface area (Å²) >= 11 is 0. The van der Waals surface area contributed by atoms with E-state index in [1.54, 1.807) is 19.1 Å². The Balaban J connectivity index is 0.00000338. The SMILES string of the molecule is Cc1cc(NC(=O)CC(C)C2CCNCC2)ccc1OCC(F)(F)F.Cl. The summed E-state index contributed by atoms with van der Waals surface area (Å²) in [7, 11) is 0. The standard InChI is InChI=1S/C18H25F3N2O2.ClH/c1-12(14-5-7-22-8-6-14)10-17(24)23-15-3-4-16(13(2)9-15)25-11-18(19,20)21;/h3-4,9,12,14,22H,5-8,10-11H2,1-2H3,(H,23,24);1H. The van der Waals surface area contributed by atoms with Crippen LogP contribution < -0.4 is 15.4 Å². The topological polar surface area (TPSA) is 50.4 Å². The zero-order valence-corrected chi connectivity index (χ0v) is 15.8. The van der Waals surface area contributed by atoms with Gasteiger partial charge in [-0.15, -0.1) is 12.4 Å². The zero-order chi connectivity index (χ0) is 18.4. The second-order valence-electron chi connectivity index (χ2n) is 6.70. The summed E-state index contributed by atoms with van der Waals surface area (Å²) in [5, 5.41) is 6.13. The third-order valence-corrected chi connectivity index (χ3v) is 4.55. The zero-order valence-electron chi connectivity index (χ0n) is 15.0. The van der Waals surface area contributed by atoms with E-state index in [9.17, 15) is 18.0 Å². The predicted octanol–water partition coefficient (Wildman–Crippen LogP) is 4.32. The molecule has 1 aromatic rings. The van der Waals surface area contributed by atoms with Crippen molar-refractivity contribution in [1.82, 2.24) is 5.32 Å². The van der Waals surface area contributed by atoms with Crippen LogP contribution >= 0.6 is 12.4 Å². The number of aryl methyl sites for hydroxylation is 1. The van der Waals surface area contributed by atoms with Crippen LogP contribution in [0.2, 0.25) is 0 Å². The van der Waals surface area contributed by atoms with Crippen LogP contribution in [0.1, 0.15) is 31.7 Å². The van der Waals surface area contributed by atoms with Gasteiger partial charge in [0.15, 0.2) is 6.61 Å². The second kappa shape index (κ2) is 10.0. The Kier molecular flexibility index (Phi) is 8.70. The number of carbonyl (C=O) groups is 1. The number of rotatable bonds is 6. The van der Waals surface area contributed by atoms with Gasteiger partial charge in [0, 0.05) is 12.1 Å². The molecule has 1 aromatic carbocycles. The molecule has 4 nitrogen and oxygen atoms in total. The van der Waals surface area contributed by atoms with Gasteiger partial charge in [-0.05, 0) is 68.5 Å². The van der Waals surface area contributed by atoms with E-state index in [1.807, 2.05) is 0 Å². The Hall–Kier alpha value is -1.47. The van der Waals surface area contributed by atoms with Gasteiger partial charge in [-0.3, -0.25) is 4.79 Å². The largest absolute Gasteiger partial charge is 0.484 e. The van der Waals surface area contributed by atoms with E-state index in [0.29, 0.717) is 29.5 Å². The highest BCUT2D eigenvalue weighted by Gasteiger charge is 2.28. The smallest absolute Gasteiger partial charge is 0.422 e. The van der Waals surface area contributed by atoms with Crippen LogP contribution in [0, 0.1) is 18.8 Å². The van der Waals surface area contributed by atoms with E-state index >= 15 is 0 Å². The molecule has 26 heavy (non-hydrogen) atoms. The molecule has 1 fully saturated rings. The molecule has 148 valence electrons. The van der Waals surface area contributed by atoms with E-state index in [2.05, 4.69) is 17.6 Å². The summed E-state index contributed by atoms with van der Waals surface area (Å²) in [6.45, 7) is 4.41. The Morgan fingerprint density at radius 3 is 2.58 bits per heavy atom. The molecule has 2 N–H and O–H groups in total. The molecule has 0 spiro atoms. The van der Waals surface area contributed by atoms with Gasteiger partial charge in [0.05, 0.1) is 0 Å². The fraction of sp³-hybridized carbons (Fsp3) is 0.611. The molecule has 8 heteroatoms. The van der Waals surface area contributed by atoms with Gasteiger partial charge in [-0.1, -0.05) is 6.92 Å². The number of halogens is 4. The quantitative estimate of drug-likeness (QED) is 0.755. The first-order valence-electron chi connectivity index (χ1n) is 8.55. The minimum Gasteiger partial charge on any atom is -0.484 e. The molecular weight excluding hydrogens is 369 g/mol. The number of anilines is 1. The third kappa shape index (κ3) is 7.41. The summed E-state index contributed by atoms with van der Waals surface area (Å²) in [5.74, 6) is 0.942. The van der Waals surface area contributed by atoms with E-state index in [4.69, 9.17) is 4.74 Å². The summed E-state index contributed by atoms with van der Waals surface area (Å²) in [4.78, 5) is 12.2. The normalized spacial score (nSPS) is 16.5.